The van der Waals surface area contributed by atoms with Gasteiger partial charge in [-0.1, -0.05) is 0 Å². The Kier molecular flexibility index (Phi) is 3.38. The van der Waals surface area contributed by atoms with Crippen molar-refractivity contribution in [2.75, 3.05) is 30.3 Å². The van der Waals surface area contributed by atoms with Crippen LogP contribution in [0, 0.1) is 17.2 Å². The maximum atomic E-state index is 9.21. The van der Waals surface area contributed by atoms with E-state index in [9.17, 15) is 5.11 Å². The molecule has 102 valence electrons. The summed E-state index contributed by atoms with van der Waals surface area (Å²) in [6.45, 7) is 2.23. The maximum Gasteiger partial charge on any atom is 0.130 e. The summed E-state index contributed by atoms with van der Waals surface area (Å²) in [6.07, 6.45) is 4.46. The Morgan fingerprint density at radius 1 is 1.32 bits per heavy atom. The Hall–Kier alpha value is -1.25. The largest absolute Gasteiger partial charge is 0.397 e. The first-order valence-electron chi connectivity index (χ1n) is 6.92. The van der Waals surface area contributed by atoms with Crippen LogP contribution in [0.15, 0.2) is 0 Å². The zero-order valence-corrected chi connectivity index (χ0v) is 11.7. The summed E-state index contributed by atoms with van der Waals surface area (Å²) >= 11 is 1.55. The average Bonchev–Trinajstić information content (AvgIpc) is 3.23. The normalized spacial score (nSPS) is 20.5. The molecule has 0 radical (unpaired) electrons. The Labute approximate surface area is 117 Å². The van der Waals surface area contributed by atoms with Crippen LogP contribution in [0.2, 0.25) is 0 Å². The minimum absolute atomic E-state index is 0.291. The van der Waals surface area contributed by atoms with Gasteiger partial charge in [0.05, 0.1) is 10.7 Å². The van der Waals surface area contributed by atoms with Crippen molar-refractivity contribution in [3.05, 3.63) is 10.4 Å². The molecule has 2 aliphatic rings. The number of aliphatic hydroxyl groups is 1. The van der Waals surface area contributed by atoms with Crippen LogP contribution >= 0.6 is 11.3 Å². The molecule has 2 heterocycles. The lowest BCUT2D eigenvalue weighted by atomic mass is 9.97. The van der Waals surface area contributed by atoms with Crippen LogP contribution in [-0.2, 0) is 0 Å². The first kappa shape index (κ1) is 12.8. The molecule has 19 heavy (non-hydrogen) atoms. The molecule has 0 unspecified atom stereocenters. The van der Waals surface area contributed by atoms with Gasteiger partial charge in [0.15, 0.2) is 0 Å². The molecular weight excluding hydrogens is 258 g/mol. The highest BCUT2D eigenvalue weighted by Gasteiger charge is 2.34. The predicted molar refractivity (Wildman–Crippen MR) is 77.4 cm³/mol. The lowest BCUT2D eigenvalue weighted by Gasteiger charge is -2.32. The van der Waals surface area contributed by atoms with Crippen LogP contribution in [0.5, 0.6) is 0 Å². The van der Waals surface area contributed by atoms with E-state index in [-0.39, 0.29) is 0 Å². The van der Waals surface area contributed by atoms with Crippen molar-refractivity contribution in [1.29, 1.82) is 5.26 Å². The van der Waals surface area contributed by atoms with Crippen molar-refractivity contribution in [3.8, 4) is 6.07 Å². The second-order valence-electron chi connectivity index (χ2n) is 5.56. The minimum Gasteiger partial charge on any atom is -0.397 e. The van der Waals surface area contributed by atoms with Crippen LogP contribution in [0.3, 0.4) is 0 Å². The summed E-state index contributed by atoms with van der Waals surface area (Å²) in [5.74, 6) is 1.01. The van der Waals surface area contributed by atoms with Crippen molar-refractivity contribution in [3.63, 3.8) is 0 Å². The fourth-order valence-corrected chi connectivity index (χ4v) is 4.00. The second kappa shape index (κ2) is 5.03. The molecule has 1 aliphatic carbocycles. The Morgan fingerprint density at radius 2 is 2.00 bits per heavy atom. The lowest BCUT2D eigenvalue weighted by Crippen LogP contribution is -2.34. The first-order chi connectivity index (χ1) is 9.24. The third-order valence-corrected chi connectivity index (χ3v) is 5.40. The molecule has 5 heteroatoms. The summed E-state index contributed by atoms with van der Waals surface area (Å²) in [4.78, 5) is 3.03. The summed E-state index contributed by atoms with van der Waals surface area (Å²) < 4.78 is 0. The van der Waals surface area contributed by atoms with Crippen LogP contribution in [-0.4, -0.2) is 24.8 Å². The first-order valence-corrected chi connectivity index (χ1v) is 7.74. The van der Waals surface area contributed by atoms with Gasteiger partial charge in [-0.2, -0.15) is 5.26 Å². The molecule has 0 aromatic carbocycles. The summed E-state index contributed by atoms with van der Waals surface area (Å²) in [6, 6.07) is 2.22. The minimum atomic E-state index is 0.291. The van der Waals surface area contributed by atoms with Gasteiger partial charge < -0.3 is 15.7 Å². The Bertz CT molecular complexity index is 507. The van der Waals surface area contributed by atoms with E-state index >= 15 is 0 Å². The molecule has 1 aromatic heterocycles. The zero-order chi connectivity index (χ0) is 13.4. The molecule has 0 spiro atoms. The monoisotopic (exact) mass is 277 g/mol. The molecule has 0 amide bonds. The van der Waals surface area contributed by atoms with Crippen molar-refractivity contribution in [2.45, 2.75) is 31.6 Å². The Morgan fingerprint density at radius 3 is 2.53 bits per heavy atom. The fourth-order valence-electron chi connectivity index (χ4n) is 2.85. The van der Waals surface area contributed by atoms with Crippen LogP contribution in [0.25, 0.3) is 0 Å². The number of nitriles is 1. The molecular formula is C14H19N3OS. The van der Waals surface area contributed by atoms with Crippen molar-refractivity contribution in [2.24, 2.45) is 5.92 Å². The third-order valence-electron chi connectivity index (χ3n) is 4.21. The summed E-state index contributed by atoms with van der Waals surface area (Å²) in [5.41, 5.74) is 8.08. The van der Waals surface area contributed by atoms with Gasteiger partial charge in [-0.3, -0.25) is 0 Å². The molecule has 3 N–H and O–H groups in total. The van der Waals surface area contributed by atoms with Gasteiger partial charge in [0.2, 0.25) is 0 Å². The van der Waals surface area contributed by atoms with E-state index in [0.29, 0.717) is 29.0 Å². The number of rotatable bonds is 3. The molecule has 3 rings (SSSR count). The summed E-state index contributed by atoms with van der Waals surface area (Å²) in [5, 5.41) is 19.6. The van der Waals surface area contributed by atoms with Crippen LogP contribution in [0.4, 0.5) is 10.7 Å². The van der Waals surface area contributed by atoms with Crippen molar-refractivity contribution >= 4 is 22.0 Å². The number of hydrogen-bond acceptors (Lipinski definition) is 5. The number of hydrogen-bond donors (Lipinski definition) is 2. The van der Waals surface area contributed by atoms with Gasteiger partial charge in [0, 0.05) is 25.3 Å². The molecule has 0 atom stereocenters. The van der Waals surface area contributed by atoms with Gasteiger partial charge in [-0.05, 0) is 37.5 Å². The molecule has 2 fully saturated rings. The zero-order valence-electron chi connectivity index (χ0n) is 10.9. The number of nitrogens with two attached hydrogens (primary N) is 1. The van der Waals surface area contributed by atoms with Gasteiger partial charge in [0.25, 0.3) is 0 Å². The molecule has 1 aromatic rings. The van der Waals surface area contributed by atoms with E-state index < -0.39 is 0 Å². The van der Waals surface area contributed by atoms with E-state index in [1.54, 1.807) is 11.3 Å². The molecule has 1 saturated carbocycles. The number of thiophene rings is 1. The smallest absolute Gasteiger partial charge is 0.130 e. The number of anilines is 2. The van der Waals surface area contributed by atoms with E-state index in [4.69, 9.17) is 11.0 Å². The topological polar surface area (TPSA) is 73.3 Å². The van der Waals surface area contributed by atoms with Gasteiger partial charge in [-0.15, -0.1) is 11.3 Å². The number of nitrogen functional groups attached to an aromatic ring is 1. The fraction of sp³-hybridized carbons (Fsp3) is 0.643. The summed E-state index contributed by atoms with van der Waals surface area (Å²) in [7, 11) is 0. The van der Waals surface area contributed by atoms with Crippen LogP contribution in [0.1, 0.15) is 42.0 Å². The van der Waals surface area contributed by atoms with E-state index in [1.807, 2.05) is 0 Å². The van der Waals surface area contributed by atoms with Crippen molar-refractivity contribution < 1.29 is 5.11 Å². The Balaban J connectivity index is 1.86. The van der Waals surface area contributed by atoms with E-state index in [2.05, 4.69) is 11.0 Å². The number of aliphatic hydroxyl groups excluding tert-OH is 1. The molecule has 4 nitrogen and oxygen atoms in total. The standard InChI is InChI=1S/C14H19N3OS/c15-7-11-13(16)12(10-1-2-10)14(19-11)17-5-3-9(8-18)4-6-17/h9-10,18H,1-6,8,16H2. The highest BCUT2D eigenvalue weighted by molar-refractivity contribution is 7.17. The third kappa shape index (κ3) is 2.31. The van der Waals surface area contributed by atoms with Gasteiger partial charge in [-0.25, -0.2) is 0 Å². The molecule has 1 aliphatic heterocycles. The van der Waals surface area contributed by atoms with E-state index in [1.165, 1.54) is 23.4 Å². The van der Waals surface area contributed by atoms with Gasteiger partial charge >= 0.3 is 0 Å². The molecule has 1 saturated heterocycles. The number of piperidine rings is 1. The SMILES string of the molecule is N#Cc1sc(N2CCC(CO)CC2)c(C2CC2)c1N. The molecule has 0 bridgehead atoms. The van der Waals surface area contributed by atoms with E-state index in [0.717, 1.165) is 25.9 Å². The van der Waals surface area contributed by atoms with Gasteiger partial charge in [0.1, 0.15) is 10.9 Å². The highest BCUT2D eigenvalue weighted by atomic mass is 32.1. The van der Waals surface area contributed by atoms with Crippen LogP contribution < -0.4 is 10.6 Å². The predicted octanol–water partition coefficient (Wildman–Crippen LogP) is 2.29. The second-order valence-corrected chi connectivity index (χ2v) is 6.56. The quantitative estimate of drug-likeness (QED) is 0.889. The lowest BCUT2D eigenvalue weighted by molar-refractivity contribution is 0.203. The average molecular weight is 277 g/mol. The number of nitrogens with zero attached hydrogens (tertiary/aromatic N) is 2. The maximum absolute atomic E-state index is 9.21. The van der Waals surface area contributed by atoms with Crippen molar-refractivity contribution in [1.82, 2.24) is 0 Å². The highest BCUT2D eigenvalue weighted by Crippen LogP contribution is 2.52.